The summed E-state index contributed by atoms with van der Waals surface area (Å²) in [7, 11) is -2.22. The molecule has 0 spiro atoms. The third kappa shape index (κ3) is 6.17. The van der Waals surface area contributed by atoms with Crippen molar-refractivity contribution in [1.82, 2.24) is 13.9 Å². The number of carboxylic acids is 1. The van der Waals surface area contributed by atoms with Gasteiger partial charge in [-0.2, -0.15) is 17.4 Å². The molecule has 1 heterocycles. The molecule has 1 fully saturated rings. The number of carboxylic acid groups (broad SMARTS) is 1. The van der Waals surface area contributed by atoms with Gasteiger partial charge in [-0.15, -0.1) is 0 Å². The molecule has 0 aliphatic carbocycles. The molecule has 0 radical (unpaired) electrons. The Morgan fingerprint density at radius 2 is 1.95 bits per heavy atom. The summed E-state index contributed by atoms with van der Waals surface area (Å²) in [5.74, 6) is -1.01. The minimum absolute atomic E-state index is 0.0267. The zero-order valence-electron chi connectivity index (χ0n) is 12.2. The smallest absolute Gasteiger partial charge is 0.304 e. The number of likely N-dealkylation sites (tertiary alicyclic amines) is 1. The van der Waals surface area contributed by atoms with Crippen molar-refractivity contribution in [3.8, 4) is 0 Å². The Bertz CT molecular complexity index is 407. The first-order valence-corrected chi connectivity index (χ1v) is 8.43. The van der Waals surface area contributed by atoms with Crippen LogP contribution in [0.1, 0.15) is 32.6 Å². The fourth-order valence-electron chi connectivity index (χ4n) is 2.28. The van der Waals surface area contributed by atoms with E-state index in [1.807, 2.05) is 6.92 Å². The Kier molecular flexibility index (Phi) is 6.87. The van der Waals surface area contributed by atoms with E-state index in [0.717, 1.165) is 30.2 Å². The number of nitrogens with one attached hydrogen (secondary N) is 1. The topological polar surface area (TPSA) is 90.0 Å². The van der Waals surface area contributed by atoms with Crippen LogP contribution in [0, 0.1) is 0 Å². The predicted molar refractivity (Wildman–Crippen MR) is 76.7 cm³/mol. The summed E-state index contributed by atoms with van der Waals surface area (Å²) in [6, 6.07) is -0.189. The molecule has 1 aliphatic rings. The zero-order chi connectivity index (χ0) is 15.2. The van der Waals surface area contributed by atoms with Crippen LogP contribution in [0.15, 0.2) is 0 Å². The number of aliphatic carboxylic acids is 1. The van der Waals surface area contributed by atoms with Crippen LogP contribution in [0.4, 0.5) is 0 Å². The molecule has 20 heavy (non-hydrogen) atoms. The molecule has 0 bridgehead atoms. The van der Waals surface area contributed by atoms with Crippen LogP contribution < -0.4 is 4.72 Å². The second kappa shape index (κ2) is 7.92. The molecular weight excluding hydrogens is 282 g/mol. The average molecular weight is 307 g/mol. The van der Waals surface area contributed by atoms with Gasteiger partial charge in [-0.1, -0.05) is 6.42 Å². The summed E-state index contributed by atoms with van der Waals surface area (Å²) in [6.45, 7) is 4.52. The van der Waals surface area contributed by atoms with Gasteiger partial charge in [-0.05, 0) is 32.9 Å². The highest BCUT2D eigenvalue weighted by Crippen LogP contribution is 2.09. The van der Waals surface area contributed by atoms with Gasteiger partial charge in [0.25, 0.3) is 10.2 Å². The molecule has 8 heteroatoms. The van der Waals surface area contributed by atoms with Crippen molar-refractivity contribution in [3.05, 3.63) is 0 Å². The van der Waals surface area contributed by atoms with Crippen molar-refractivity contribution in [2.45, 2.75) is 38.6 Å². The van der Waals surface area contributed by atoms with Gasteiger partial charge in [-0.25, -0.2) is 0 Å². The van der Waals surface area contributed by atoms with Gasteiger partial charge < -0.3 is 10.0 Å². The molecule has 0 aromatic rings. The van der Waals surface area contributed by atoms with Gasteiger partial charge >= 0.3 is 5.97 Å². The summed E-state index contributed by atoms with van der Waals surface area (Å²) < 4.78 is 27.6. The molecule has 0 amide bonds. The number of hydrogen-bond acceptors (Lipinski definition) is 4. The Labute approximate surface area is 121 Å². The van der Waals surface area contributed by atoms with Gasteiger partial charge in [0, 0.05) is 26.2 Å². The lowest BCUT2D eigenvalue weighted by Crippen LogP contribution is -2.48. The number of hydrogen-bond donors (Lipinski definition) is 2. The number of nitrogens with zero attached hydrogens (tertiary/aromatic N) is 2. The molecule has 2 N–H and O–H groups in total. The summed E-state index contributed by atoms with van der Waals surface area (Å²) in [5, 5.41) is 8.58. The zero-order valence-corrected chi connectivity index (χ0v) is 13.0. The maximum Gasteiger partial charge on any atom is 0.304 e. The first-order valence-electron chi connectivity index (χ1n) is 6.99. The van der Waals surface area contributed by atoms with Crippen molar-refractivity contribution in [1.29, 1.82) is 0 Å². The molecule has 0 aromatic carbocycles. The van der Waals surface area contributed by atoms with Crippen molar-refractivity contribution in [2.75, 3.05) is 33.2 Å². The number of rotatable bonds is 8. The Morgan fingerprint density at radius 1 is 1.35 bits per heavy atom. The fourth-order valence-corrected chi connectivity index (χ4v) is 3.38. The van der Waals surface area contributed by atoms with Crippen LogP contribution in [0.3, 0.4) is 0 Å². The number of piperidine rings is 1. The minimum Gasteiger partial charge on any atom is -0.481 e. The molecule has 7 nitrogen and oxygen atoms in total. The van der Waals surface area contributed by atoms with Crippen LogP contribution in [0.25, 0.3) is 0 Å². The van der Waals surface area contributed by atoms with Gasteiger partial charge in [0.2, 0.25) is 0 Å². The van der Waals surface area contributed by atoms with E-state index >= 15 is 0 Å². The van der Waals surface area contributed by atoms with E-state index in [1.165, 1.54) is 13.5 Å². The molecule has 1 unspecified atom stereocenters. The summed E-state index contributed by atoms with van der Waals surface area (Å²) in [5.41, 5.74) is 0. The standard InChI is InChI=1S/C12H25N3O4S/c1-11(10-15-7-4-3-5-8-15)13-20(18,19)14(2)9-6-12(16)17/h11,13H,3-10H2,1-2H3,(H,16,17). The monoisotopic (exact) mass is 307 g/mol. The van der Waals surface area contributed by atoms with Gasteiger partial charge in [0.15, 0.2) is 0 Å². The normalized spacial score (nSPS) is 19.1. The van der Waals surface area contributed by atoms with Gasteiger partial charge in [0.1, 0.15) is 0 Å². The SMILES string of the molecule is CC(CN1CCCCC1)NS(=O)(=O)N(C)CCC(=O)O. The lowest BCUT2D eigenvalue weighted by Gasteiger charge is -2.30. The van der Waals surface area contributed by atoms with Crippen molar-refractivity contribution >= 4 is 16.2 Å². The molecule has 0 aromatic heterocycles. The second-order valence-corrected chi connectivity index (χ2v) is 7.16. The van der Waals surface area contributed by atoms with E-state index in [0.29, 0.717) is 6.54 Å². The van der Waals surface area contributed by atoms with E-state index in [9.17, 15) is 13.2 Å². The minimum atomic E-state index is -3.61. The molecule has 1 rings (SSSR count). The third-order valence-corrected chi connectivity index (χ3v) is 5.09. The lowest BCUT2D eigenvalue weighted by molar-refractivity contribution is -0.137. The summed E-state index contributed by atoms with van der Waals surface area (Å²) in [4.78, 5) is 12.7. The maximum atomic E-state index is 12.0. The first kappa shape index (κ1) is 17.4. The van der Waals surface area contributed by atoms with E-state index in [4.69, 9.17) is 5.11 Å². The maximum absolute atomic E-state index is 12.0. The highest BCUT2D eigenvalue weighted by Gasteiger charge is 2.22. The molecule has 1 atom stereocenters. The average Bonchev–Trinajstić information content (AvgIpc) is 2.36. The Hall–Kier alpha value is -0.700. The molecule has 0 saturated carbocycles. The molecule has 1 aliphatic heterocycles. The highest BCUT2D eigenvalue weighted by atomic mass is 32.2. The van der Waals surface area contributed by atoms with Crippen molar-refractivity contribution in [2.24, 2.45) is 0 Å². The van der Waals surface area contributed by atoms with Crippen molar-refractivity contribution < 1.29 is 18.3 Å². The molecule has 1 saturated heterocycles. The summed E-state index contributed by atoms with van der Waals surface area (Å²) >= 11 is 0. The fraction of sp³-hybridized carbons (Fsp3) is 0.917. The third-order valence-electron chi connectivity index (χ3n) is 3.38. The van der Waals surface area contributed by atoms with Crippen LogP contribution in [-0.4, -0.2) is 68.0 Å². The van der Waals surface area contributed by atoms with E-state index in [2.05, 4.69) is 9.62 Å². The van der Waals surface area contributed by atoms with Gasteiger partial charge in [-0.3, -0.25) is 4.79 Å². The number of carbonyl (C=O) groups is 1. The quantitative estimate of drug-likeness (QED) is 0.664. The Morgan fingerprint density at radius 3 is 2.50 bits per heavy atom. The van der Waals surface area contributed by atoms with Crippen LogP contribution in [-0.2, 0) is 15.0 Å². The van der Waals surface area contributed by atoms with E-state index < -0.39 is 16.2 Å². The summed E-state index contributed by atoms with van der Waals surface area (Å²) in [6.07, 6.45) is 3.38. The van der Waals surface area contributed by atoms with Crippen LogP contribution in [0.2, 0.25) is 0 Å². The Balaban J connectivity index is 2.41. The first-order chi connectivity index (χ1) is 9.31. The molecular formula is C12H25N3O4S. The second-order valence-electron chi connectivity index (χ2n) is 5.35. The van der Waals surface area contributed by atoms with E-state index in [-0.39, 0.29) is 19.0 Å². The van der Waals surface area contributed by atoms with Crippen molar-refractivity contribution in [3.63, 3.8) is 0 Å². The largest absolute Gasteiger partial charge is 0.481 e. The van der Waals surface area contributed by atoms with E-state index in [1.54, 1.807) is 0 Å². The highest BCUT2D eigenvalue weighted by molar-refractivity contribution is 7.87. The lowest BCUT2D eigenvalue weighted by atomic mass is 10.1. The molecule has 118 valence electrons. The van der Waals surface area contributed by atoms with Crippen LogP contribution >= 0.6 is 0 Å². The predicted octanol–water partition coefficient (Wildman–Crippen LogP) is 0.102. The van der Waals surface area contributed by atoms with Crippen LogP contribution in [0.5, 0.6) is 0 Å². The van der Waals surface area contributed by atoms with Gasteiger partial charge in [0.05, 0.1) is 6.42 Å².